The van der Waals surface area contributed by atoms with Crippen molar-refractivity contribution in [2.75, 3.05) is 13.1 Å². The van der Waals surface area contributed by atoms with E-state index < -0.39 is 0 Å². The van der Waals surface area contributed by atoms with Gasteiger partial charge in [-0.3, -0.25) is 0 Å². The molecule has 3 rings (SSSR count). The fourth-order valence-corrected chi connectivity index (χ4v) is 3.52. The van der Waals surface area contributed by atoms with E-state index >= 15 is 0 Å². The van der Waals surface area contributed by atoms with Crippen LogP contribution in [-0.2, 0) is 19.4 Å². The molecule has 0 aromatic carbocycles. The quantitative estimate of drug-likeness (QED) is 0.818. The first-order chi connectivity index (χ1) is 8.86. The third kappa shape index (κ3) is 2.46. The van der Waals surface area contributed by atoms with Crippen molar-refractivity contribution in [1.82, 2.24) is 14.5 Å². The smallest absolute Gasteiger partial charge is 0.108 e. The normalized spacial score (nSPS) is 25.1. The van der Waals surface area contributed by atoms with Crippen LogP contribution in [0.5, 0.6) is 0 Å². The first-order valence-electron chi connectivity index (χ1n) is 7.66. The van der Waals surface area contributed by atoms with E-state index in [0.29, 0.717) is 0 Å². The molecule has 3 heteroatoms. The average molecular weight is 247 g/mol. The van der Waals surface area contributed by atoms with Crippen molar-refractivity contribution in [2.24, 2.45) is 0 Å². The molecule has 0 amide bonds. The second kappa shape index (κ2) is 5.43. The predicted octanol–water partition coefficient (Wildman–Crippen LogP) is 2.64. The van der Waals surface area contributed by atoms with Crippen molar-refractivity contribution in [3.05, 3.63) is 17.7 Å². The standard InChI is InChI=1S/C15H25N3/c1-2-17-9-5-3-7-14(17)11-13-12-18-10-6-4-8-15(18)16-13/h12,14H,2-11H2,1H3. The van der Waals surface area contributed by atoms with E-state index in [1.54, 1.807) is 0 Å². The number of likely N-dealkylation sites (N-methyl/N-ethyl adjacent to an activating group) is 1. The molecule has 0 bridgehead atoms. The van der Waals surface area contributed by atoms with Gasteiger partial charge in [0.25, 0.3) is 0 Å². The van der Waals surface area contributed by atoms with Crippen molar-refractivity contribution < 1.29 is 0 Å². The zero-order valence-corrected chi connectivity index (χ0v) is 11.6. The number of rotatable bonds is 3. The highest BCUT2D eigenvalue weighted by molar-refractivity contribution is 5.08. The van der Waals surface area contributed by atoms with Gasteiger partial charge in [0.15, 0.2) is 0 Å². The molecule has 0 spiro atoms. The Balaban J connectivity index is 1.69. The van der Waals surface area contributed by atoms with Gasteiger partial charge in [-0.15, -0.1) is 0 Å². The van der Waals surface area contributed by atoms with Crippen LogP contribution in [0.25, 0.3) is 0 Å². The van der Waals surface area contributed by atoms with E-state index in [1.807, 2.05) is 0 Å². The second-order valence-electron chi connectivity index (χ2n) is 5.78. The minimum absolute atomic E-state index is 0.737. The summed E-state index contributed by atoms with van der Waals surface area (Å²) in [6, 6.07) is 0.737. The lowest BCUT2D eigenvalue weighted by Crippen LogP contribution is -2.40. The summed E-state index contributed by atoms with van der Waals surface area (Å²) in [5.41, 5.74) is 1.33. The number of aryl methyl sites for hydroxylation is 2. The molecule has 100 valence electrons. The highest BCUT2D eigenvalue weighted by Crippen LogP contribution is 2.21. The number of hydrogen-bond acceptors (Lipinski definition) is 2. The lowest BCUT2D eigenvalue weighted by atomic mass is 9.98. The first kappa shape index (κ1) is 12.2. The Bertz CT molecular complexity index is 373. The van der Waals surface area contributed by atoms with E-state index in [0.717, 1.165) is 12.5 Å². The summed E-state index contributed by atoms with van der Waals surface area (Å²) in [5, 5.41) is 0. The summed E-state index contributed by atoms with van der Waals surface area (Å²) in [5.74, 6) is 1.33. The van der Waals surface area contributed by atoms with Crippen LogP contribution in [0.2, 0.25) is 0 Å². The van der Waals surface area contributed by atoms with Gasteiger partial charge in [0, 0.05) is 31.6 Å². The fourth-order valence-electron chi connectivity index (χ4n) is 3.52. The number of aromatic nitrogens is 2. The number of piperidine rings is 1. The van der Waals surface area contributed by atoms with Crippen molar-refractivity contribution in [2.45, 2.75) is 64.5 Å². The minimum Gasteiger partial charge on any atom is -0.335 e. The summed E-state index contributed by atoms with van der Waals surface area (Å²) >= 11 is 0. The predicted molar refractivity (Wildman–Crippen MR) is 73.8 cm³/mol. The topological polar surface area (TPSA) is 21.1 Å². The third-order valence-electron chi connectivity index (χ3n) is 4.56. The van der Waals surface area contributed by atoms with Crippen molar-refractivity contribution in [3.8, 4) is 0 Å². The minimum atomic E-state index is 0.737. The van der Waals surface area contributed by atoms with Gasteiger partial charge >= 0.3 is 0 Å². The van der Waals surface area contributed by atoms with Gasteiger partial charge in [0.1, 0.15) is 5.82 Å². The maximum atomic E-state index is 4.85. The fraction of sp³-hybridized carbons (Fsp3) is 0.800. The lowest BCUT2D eigenvalue weighted by molar-refractivity contribution is 0.154. The zero-order valence-electron chi connectivity index (χ0n) is 11.6. The molecule has 1 fully saturated rings. The van der Waals surface area contributed by atoms with Gasteiger partial charge in [-0.2, -0.15) is 0 Å². The lowest BCUT2D eigenvalue weighted by Gasteiger charge is -2.34. The largest absolute Gasteiger partial charge is 0.335 e. The molecular weight excluding hydrogens is 222 g/mol. The molecule has 1 atom stereocenters. The molecule has 3 heterocycles. The van der Waals surface area contributed by atoms with Gasteiger partial charge in [0.05, 0.1) is 5.69 Å². The second-order valence-corrected chi connectivity index (χ2v) is 5.78. The number of nitrogens with zero attached hydrogens (tertiary/aromatic N) is 3. The Morgan fingerprint density at radius 3 is 2.94 bits per heavy atom. The van der Waals surface area contributed by atoms with Crippen LogP contribution in [0.1, 0.15) is 50.5 Å². The van der Waals surface area contributed by atoms with E-state index in [-0.39, 0.29) is 0 Å². The molecule has 0 saturated carbocycles. The van der Waals surface area contributed by atoms with Gasteiger partial charge in [0.2, 0.25) is 0 Å². The van der Waals surface area contributed by atoms with E-state index in [4.69, 9.17) is 4.98 Å². The summed E-state index contributed by atoms with van der Waals surface area (Å²) < 4.78 is 2.39. The molecule has 2 aliphatic heterocycles. The van der Waals surface area contributed by atoms with Crippen LogP contribution in [0.15, 0.2) is 6.20 Å². The maximum absolute atomic E-state index is 4.85. The van der Waals surface area contributed by atoms with Crippen LogP contribution in [0.3, 0.4) is 0 Å². The van der Waals surface area contributed by atoms with Crippen molar-refractivity contribution in [1.29, 1.82) is 0 Å². The molecule has 1 aromatic heterocycles. The monoisotopic (exact) mass is 247 g/mol. The van der Waals surface area contributed by atoms with Crippen LogP contribution >= 0.6 is 0 Å². The molecule has 1 unspecified atom stereocenters. The molecule has 3 nitrogen and oxygen atoms in total. The summed E-state index contributed by atoms with van der Waals surface area (Å²) in [7, 11) is 0. The molecular formula is C15H25N3. The molecule has 0 N–H and O–H groups in total. The maximum Gasteiger partial charge on any atom is 0.108 e. The highest BCUT2D eigenvalue weighted by Gasteiger charge is 2.23. The Morgan fingerprint density at radius 2 is 2.11 bits per heavy atom. The van der Waals surface area contributed by atoms with Gasteiger partial charge in [-0.25, -0.2) is 4.98 Å². The van der Waals surface area contributed by atoms with Crippen LogP contribution < -0.4 is 0 Å². The van der Waals surface area contributed by atoms with Crippen LogP contribution in [0.4, 0.5) is 0 Å². The zero-order chi connectivity index (χ0) is 12.4. The number of fused-ring (bicyclic) bond motifs is 1. The van der Waals surface area contributed by atoms with Gasteiger partial charge < -0.3 is 9.47 Å². The van der Waals surface area contributed by atoms with E-state index in [1.165, 1.54) is 69.7 Å². The highest BCUT2D eigenvalue weighted by atomic mass is 15.2. The average Bonchev–Trinajstić information content (AvgIpc) is 2.81. The van der Waals surface area contributed by atoms with E-state index in [9.17, 15) is 0 Å². The first-order valence-corrected chi connectivity index (χ1v) is 7.66. The number of hydrogen-bond donors (Lipinski definition) is 0. The number of likely N-dealkylation sites (tertiary alicyclic amines) is 1. The van der Waals surface area contributed by atoms with Crippen LogP contribution in [-0.4, -0.2) is 33.6 Å². The summed E-state index contributed by atoms with van der Waals surface area (Å²) in [4.78, 5) is 7.49. The Morgan fingerprint density at radius 1 is 1.22 bits per heavy atom. The van der Waals surface area contributed by atoms with Crippen molar-refractivity contribution in [3.63, 3.8) is 0 Å². The Labute approximate surface area is 110 Å². The molecule has 0 aliphatic carbocycles. The molecule has 0 radical (unpaired) electrons. The Hall–Kier alpha value is -0.830. The van der Waals surface area contributed by atoms with E-state index in [2.05, 4.69) is 22.6 Å². The van der Waals surface area contributed by atoms with Gasteiger partial charge in [-0.1, -0.05) is 13.3 Å². The molecule has 1 saturated heterocycles. The summed E-state index contributed by atoms with van der Waals surface area (Å²) in [6.07, 6.45) is 11.4. The Kier molecular flexibility index (Phi) is 3.69. The molecule has 2 aliphatic rings. The van der Waals surface area contributed by atoms with Crippen LogP contribution in [0, 0.1) is 0 Å². The SMILES string of the molecule is CCN1CCCCC1Cc1cn2c(n1)CCCC2. The third-order valence-corrected chi connectivity index (χ3v) is 4.56. The van der Waals surface area contributed by atoms with Gasteiger partial charge in [-0.05, 0) is 38.8 Å². The van der Waals surface area contributed by atoms with Crippen molar-refractivity contribution >= 4 is 0 Å². The number of imidazole rings is 1. The molecule has 1 aromatic rings. The summed E-state index contributed by atoms with van der Waals surface area (Å²) in [6.45, 7) is 5.95. The molecule has 18 heavy (non-hydrogen) atoms.